The summed E-state index contributed by atoms with van der Waals surface area (Å²) in [5.74, 6) is 1.76. The first kappa shape index (κ1) is 14.5. The Morgan fingerprint density at radius 2 is 1.95 bits per heavy atom. The minimum Gasteiger partial charge on any atom is -0.390 e. The Balaban J connectivity index is 1.91. The highest BCUT2D eigenvalue weighted by atomic mass is 16.5. The second-order valence-electron chi connectivity index (χ2n) is 5.40. The van der Waals surface area contributed by atoms with E-state index in [0.29, 0.717) is 24.8 Å². The van der Waals surface area contributed by atoms with Crippen LogP contribution in [0.1, 0.15) is 62.6 Å². The molecule has 0 aromatic carbocycles. The summed E-state index contributed by atoms with van der Waals surface area (Å²) in [6, 6.07) is 0. The predicted octanol–water partition coefficient (Wildman–Crippen LogP) is 2.45. The Bertz CT molecular complexity index is 359. The van der Waals surface area contributed by atoms with Crippen molar-refractivity contribution in [1.29, 1.82) is 0 Å². The topological polar surface area (TPSA) is 68.4 Å². The molecule has 1 heterocycles. The van der Waals surface area contributed by atoms with Crippen LogP contribution in [-0.4, -0.2) is 35.1 Å². The van der Waals surface area contributed by atoms with Crippen LogP contribution in [0.2, 0.25) is 0 Å². The summed E-state index contributed by atoms with van der Waals surface area (Å²) in [4.78, 5) is 4.44. The first-order valence-corrected chi connectivity index (χ1v) is 7.29. The minimum absolute atomic E-state index is 0.293. The van der Waals surface area contributed by atoms with Crippen LogP contribution in [0.3, 0.4) is 0 Å². The van der Waals surface area contributed by atoms with Gasteiger partial charge in [-0.25, -0.2) is 0 Å². The van der Waals surface area contributed by atoms with Gasteiger partial charge in [0.25, 0.3) is 0 Å². The number of ether oxygens (including phenoxy) is 1. The molecule has 1 saturated carbocycles. The molecular weight excluding hydrogens is 244 g/mol. The van der Waals surface area contributed by atoms with Crippen LogP contribution in [0.25, 0.3) is 0 Å². The lowest BCUT2D eigenvalue weighted by atomic mass is 9.91. The van der Waals surface area contributed by atoms with Gasteiger partial charge in [-0.2, -0.15) is 4.98 Å². The summed E-state index contributed by atoms with van der Waals surface area (Å²) in [6.07, 6.45) is 8.58. The van der Waals surface area contributed by atoms with Gasteiger partial charge in [-0.15, -0.1) is 0 Å². The fourth-order valence-corrected chi connectivity index (χ4v) is 2.68. The maximum absolute atomic E-state index is 9.65. The lowest BCUT2D eigenvalue weighted by Gasteiger charge is -2.15. The van der Waals surface area contributed by atoms with Crippen molar-refractivity contribution in [2.24, 2.45) is 0 Å². The van der Waals surface area contributed by atoms with Crippen LogP contribution in [0.15, 0.2) is 4.52 Å². The van der Waals surface area contributed by atoms with Gasteiger partial charge in [0, 0.05) is 13.0 Å². The van der Waals surface area contributed by atoms with Crippen LogP contribution in [0.5, 0.6) is 0 Å². The van der Waals surface area contributed by atoms with E-state index in [2.05, 4.69) is 10.1 Å². The molecule has 1 aliphatic rings. The van der Waals surface area contributed by atoms with Gasteiger partial charge in [0.05, 0.1) is 19.1 Å². The van der Waals surface area contributed by atoms with E-state index in [1.807, 2.05) is 0 Å². The molecule has 1 aromatic heterocycles. The van der Waals surface area contributed by atoms with Gasteiger partial charge in [-0.1, -0.05) is 37.3 Å². The summed E-state index contributed by atoms with van der Waals surface area (Å²) < 4.78 is 10.1. The van der Waals surface area contributed by atoms with Gasteiger partial charge in [0.15, 0.2) is 5.82 Å². The van der Waals surface area contributed by atoms with Crippen molar-refractivity contribution >= 4 is 0 Å². The second-order valence-corrected chi connectivity index (χ2v) is 5.40. The first-order valence-electron chi connectivity index (χ1n) is 7.29. The lowest BCUT2D eigenvalue weighted by Crippen LogP contribution is -2.17. The zero-order valence-electron chi connectivity index (χ0n) is 11.7. The molecule has 1 aromatic rings. The molecule has 0 spiro atoms. The standard InChI is InChI=1S/C14H24N2O3/c1-18-10-12(17)9-13-15-14(16-19-13)11-7-5-3-2-4-6-8-11/h11-12,17H,2-10H2,1H3. The maximum atomic E-state index is 9.65. The van der Waals surface area contributed by atoms with Crippen molar-refractivity contribution in [1.82, 2.24) is 10.1 Å². The molecule has 19 heavy (non-hydrogen) atoms. The van der Waals surface area contributed by atoms with Gasteiger partial charge >= 0.3 is 0 Å². The van der Waals surface area contributed by atoms with Crippen LogP contribution in [0, 0.1) is 0 Å². The largest absolute Gasteiger partial charge is 0.390 e. The maximum Gasteiger partial charge on any atom is 0.229 e. The SMILES string of the molecule is COCC(O)Cc1nc(C2CCCCCCC2)no1. The summed E-state index contributed by atoms with van der Waals surface area (Å²) in [6.45, 7) is 0.293. The first-order chi connectivity index (χ1) is 9.29. The van der Waals surface area contributed by atoms with E-state index in [4.69, 9.17) is 9.26 Å². The number of aliphatic hydroxyl groups excluding tert-OH is 1. The van der Waals surface area contributed by atoms with Crippen molar-refractivity contribution in [3.05, 3.63) is 11.7 Å². The van der Waals surface area contributed by atoms with Gasteiger partial charge in [0.2, 0.25) is 5.89 Å². The molecule has 1 aliphatic carbocycles. The molecule has 1 atom stereocenters. The highest BCUT2D eigenvalue weighted by Gasteiger charge is 2.20. The van der Waals surface area contributed by atoms with E-state index >= 15 is 0 Å². The fraction of sp³-hybridized carbons (Fsp3) is 0.857. The van der Waals surface area contributed by atoms with Gasteiger partial charge in [0.1, 0.15) is 0 Å². The number of methoxy groups -OCH3 is 1. The molecule has 0 saturated heterocycles. The lowest BCUT2D eigenvalue weighted by molar-refractivity contribution is 0.0599. The van der Waals surface area contributed by atoms with Crippen LogP contribution in [0.4, 0.5) is 0 Å². The third-order valence-corrected chi connectivity index (χ3v) is 3.72. The molecule has 5 heteroatoms. The Labute approximate surface area is 114 Å². The zero-order valence-corrected chi connectivity index (χ0v) is 11.7. The number of aromatic nitrogens is 2. The Morgan fingerprint density at radius 3 is 2.63 bits per heavy atom. The molecule has 0 amide bonds. The third-order valence-electron chi connectivity index (χ3n) is 3.72. The zero-order chi connectivity index (χ0) is 13.5. The number of hydrogen-bond donors (Lipinski definition) is 1. The molecule has 108 valence electrons. The average Bonchev–Trinajstić information content (AvgIpc) is 2.77. The second kappa shape index (κ2) is 7.60. The van der Waals surface area contributed by atoms with Crippen molar-refractivity contribution in [2.45, 2.75) is 63.4 Å². The Kier molecular flexibility index (Phi) is 5.79. The normalized spacial score (nSPS) is 19.9. The number of hydrogen-bond acceptors (Lipinski definition) is 5. The summed E-state index contributed by atoms with van der Waals surface area (Å²) in [7, 11) is 1.57. The summed E-state index contributed by atoms with van der Waals surface area (Å²) in [5, 5.41) is 13.7. The van der Waals surface area contributed by atoms with Crippen LogP contribution >= 0.6 is 0 Å². The highest BCUT2D eigenvalue weighted by Crippen LogP contribution is 2.29. The van der Waals surface area contributed by atoms with E-state index in [1.165, 1.54) is 32.1 Å². The molecule has 1 unspecified atom stereocenters. The van der Waals surface area contributed by atoms with E-state index in [9.17, 15) is 5.11 Å². The highest BCUT2D eigenvalue weighted by molar-refractivity contribution is 4.96. The molecule has 1 N–H and O–H groups in total. The average molecular weight is 268 g/mol. The molecule has 0 aliphatic heterocycles. The number of aliphatic hydroxyl groups is 1. The van der Waals surface area contributed by atoms with Crippen molar-refractivity contribution < 1.29 is 14.4 Å². The predicted molar refractivity (Wildman–Crippen MR) is 70.9 cm³/mol. The van der Waals surface area contributed by atoms with E-state index in [-0.39, 0.29) is 0 Å². The van der Waals surface area contributed by atoms with E-state index in [0.717, 1.165) is 18.7 Å². The molecule has 0 radical (unpaired) electrons. The Hall–Kier alpha value is -0.940. The van der Waals surface area contributed by atoms with Gasteiger partial charge in [-0.3, -0.25) is 0 Å². The number of nitrogens with zero attached hydrogens (tertiary/aromatic N) is 2. The van der Waals surface area contributed by atoms with Gasteiger partial charge < -0.3 is 14.4 Å². The van der Waals surface area contributed by atoms with Crippen molar-refractivity contribution in [3.8, 4) is 0 Å². The summed E-state index contributed by atoms with van der Waals surface area (Å²) in [5.41, 5.74) is 0. The van der Waals surface area contributed by atoms with Crippen molar-refractivity contribution in [2.75, 3.05) is 13.7 Å². The van der Waals surface area contributed by atoms with Crippen LogP contribution < -0.4 is 0 Å². The number of rotatable bonds is 5. The quantitative estimate of drug-likeness (QED) is 0.888. The molecule has 1 fully saturated rings. The van der Waals surface area contributed by atoms with Crippen LogP contribution in [-0.2, 0) is 11.2 Å². The molecular formula is C14H24N2O3. The monoisotopic (exact) mass is 268 g/mol. The summed E-state index contributed by atoms with van der Waals surface area (Å²) >= 11 is 0. The molecule has 5 nitrogen and oxygen atoms in total. The fourth-order valence-electron chi connectivity index (χ4n) is 2.68. The Morgan fingerprint density at radius 1 is 1.26 bits per heavy atom. The molecule has 2 rings (SSSR count). The van der Waals surface area contributed by atoms with E-state index < -0.39 is 6.10 Å². The smallest absolute Gasteiger partial charge is 0.229 e. The molecule has 0 bridgehead atoms. The van der Waals surface area contributed by atoms with E-state index in [1.54, 1.807) is 7.11 Å². The minimum atomic E-state index is -0.573. The third kappa shape index (κ3) is 4.58. The van der Waals surface area contributed by atoms with Crippen molar-refractivity contribution in [3.63, 3.8) is 0 Å². The van der Waals surface area contributed by atoms with Gasteiger partial charge in [-0.05, 0) is 12.8 Å².